The van der Waals surface area contributed by atoms with Crippen molar-refractivity contribution in [3.8, 4) is 69.8 Å². The average molecular weight is 678 g/mol. The van der Waals surface area contributed by atoms with Gasteiger partial charge in [-0.2, -0.15) is 21.0 Å². The van der Waals surface area contributed by atoms with Gasteiger partial charge in [0.1, 0.15) is 46.9 Å². The molecule has 0 spiro atoms. The molecule has 4 aromatic carbocycles. The largest absolute Gasteiger partial charge is 1.00 e. The minimum atomic E-state index is -0.222. The van der Waals surface area contributed by atoms with E-state index < -0.39 is 0 Å². The van der Waals surface area contributed by atoms with Gasteiger partial charge in [0.2, 0.25) is 0 Å². The molecule has 0 atom stereocenters. The van der Waals surface area contributed by atoms with E-state index in [0.717, 1.165) is 21.9 Å². The van der Waals surface area contributed by atoms with E-state index in [4.69, 9.17) is 29.9 Å². The van der Waals surface area contributed by atoms with Gasteiger partial charge >= 0.3 is 17.1 Å². The summed E-state index contributed by atoms with van der Waals surface area (Å²) in [4.78, 5) is 35.8. The number of hydrogen-bond donors (Lipinski definition) is 2. The van der Waals surface area contributed by atoms with Crippen LogP contribution in [0.25, 0.3) is 89.7 Å². The zero-order valence-corrected chi connectivity index (χ0v) is 25.6. The van der Waals surface area contributed by atoms with Crippen molar-refractivity contribution in [2.24, 2.45) is 0 Å². The van der Waals surface area contributed by atoms with E-state index in [-0.39, 0.29) is 73.0 Å². The fraction of sp³-hybridized carbons (Fsp3) is 0. The third kappa shape index (κ3) is 4.12. The summed E-state index contributed by atoms with van der Waals surface area (Å²) in [6, 6.07) is 30.8. The Morgan fingerprint density at radius 3 is 1.04 bits per heavy atom. The fourth-order valence-corrected chi connectivity index (χ4v) is 6.35. The summed E-state index contributed by atoms with van der Waals surface area (Å²) in [5, 5.41) is 42.8. The Balaban J connectivity index is 0.00000348. The van der Waals surface area contributed by atoms with Gasteiger partial charge in [-0.3, -0.25) is 0 Å². The molecule has 8 bridgehead atoms. The van der Waals surface area contributed by atoms with Crippen LogP contribution in [-0.2, 0) is 17.1 Å². The minimum Gasteiger partial charge on any atom is -0.324 e. The first-order valence-electron chi connectivity index (χ1n) is 14.6. The third-order valence-corrected chi connectivity index (χ3v) is 8.44. The first-order valence-corrected chi connectivity index (χ1v) is 14.6. The fourth-order valence-electron chi connectivity index (χ4n) is 6.35. The summed E-state index contributed by atoms with van der Waals surface area (Å²) >= 11 is 0. The predicted molar refractivity (Wildman–Crippen MR) is 175 cm³/mol. The number of benzene rings is 4. The molecule has 5 heterocycles. The first kappa shape index (κ1) is 29.1. The van der Waals surface area contributed by atoms with Crippen LogP contribution in [-0.4, -0.2) is 39.9 Å². The molecule has 2 aliphatic heterocycles. The number of nitrogens with one attached hydrogen (secondary N) is 2. The van der Waals surface area contributed by atoms with Gasteiger partial charge in [0.05, 0.1) is 22.3 Å². The second-order valence-electron chi connectivity index (χ2n) is 10.9. The van der Waals surface area contributed by atoms with Crippen LogP contribution in [0.4, 0.5) is 0 Å². The maximum Gasteiger partial charge on any atom is 1.00 e. The number of aromatic nitrogens is 8. The van der Waals surface area contributed by atoms with Gasteiger partial charge in [-0.05, 0) is 0 Å². The van der Waals surface area contributed by atoms with Gasteiger partial charge in [-0.25, -0.2) is 29.9 Å². The van der Waals surface area contributed by atoms with E-state index in [2.05, 4.69) is 22.1 Å². The van der Waals surface area contributed by atoms with Gasteiger partial charge in [-0.1, -0.05) is 72.8 Å². The van der Waals surface area contributed by atoms with Crippen LogP contribution in [0.1, 0.15) is 22.3 Å². The summed E-state index contributed by atoms with van der Waals surface area (Å²) in [6.07, 6.45) is 0. The van der Waals surface area contributed by atoms with Gasteiger partial charge in [-0.15, -0.1) is 0 Å². The molecule has 0 unspecified atom stereocenters. The summed E-state index contributed by atoms with van der Waals surface area (Å²) in [7, 11) is 0. The van der Waals surface area contributed by atoms with Gasteiger partial charge < -0.3 is 9.97 Å². The summed E-state index contributed by atoms with van der Waals surface area (Å²) in [5.74, 6) is 1.38. The Morgan fingerprint density at radius 1 is 0.388 bits per heavy atom. The normalized spacial score (nSPS) is 11.0. The number of nitrogens with zero attached hydrogens (tertiary/aromatic N) is 10. The van der Waals surface area contributed by atoms with Crippen molar-refractivity contribution in [2.45, 2.75) is 0 Å². The van der Waals surface area contributed by atoms with E-state index in [1.165, 1.54) is 0 Å². The summed E-state index contributed by atoms with van der Waals surface area (Å²) in [6.45, 7) is 0. The molecule has 2 aliphatic rings. The molecule has 7 aromatic rings. The number of aromatic amines is 2. The van der Waals surface area contributed by atoms with Crippen molar-refractivity contribution in [3.05, 3.63) is 95.1 Å². The monoisotopic (exact) mass is 677 g/mol. The molecule has 3 aromatic heterocycles. The van der Waals surface area contributed by atoms with Gasteiger partial charge in [0, 0.05) is 43.8 Å². The van der Waals surface area contributed by atoms with E-state index >= 15 is 0 Å². The quantitative estimate of drug-likeness (QED) is 0.170. The second-order valence-corrected chi connectivity index (χ2v) is 10.9. The molecular weight excluding hydrogens is 664 g/mol. The van der Waals surface area contributed by atoms with E-state index in [0.29, 0.717) is 34.1 Å². The molecule has 9 rings (SSSR count). The molecule has 0 aliphatic carbocycles. The molecule has 0 radical (unpaired) electrons. The van der Waals surface area contributed by atoms with Crippen molar-refractivity contribution in [2.75, 3.05) is 0 Å². The Bertz CT molecular complexity index is 2770. The smallest absolute Gasteiger partial charge is 0.324 e. The van der Waals surface area contributed by atoms with E-state index in [9.17, 15) is 21.0 Å². The van der Waals surface area contributed by atoms with Crippen LogP contribution in [0.5, 0.6) is 0 Å². The molecule has 49 heavy (non-hydrogen) atoms. The van der Waals surface area contributed by atoms with Gasteiger partial charge in [0.15, 0.2) is 23.3 Å². The molecule has 12 nitrogen and oxygen atoms in total. The Labute approximate surface area is 286 Å². The zero-order chi connectivity index (χ0) is 32.5. The SMILES string of the molecule is N#Cc1c(C#N)c(C#N)c2c3nc4nc(nc5[nH]c(nc6nc(nc([nH]3)c2c1C#N)-c1ccccc1-6)c1ccccc51)-c1ccccc1-4.[Cu+]. The Hall–Kier alpha value is -7.28. The van der Waals surface area contributed by atoms with Crippen LogP contribution in [0.15, 0.2) is 72.8 Å². The predicted octanol–water partition coefficient (Wildman–Crippen LogP) is 6.35. The molecule has 0 fully saturated rings. The number of hydrogen-bond acceptors (Lipinski definition) is 10. The topological polar surface area (TPSA) is 204 Å². The first-order chi connectivity index (χ1) is 23.6. The Morgan fingerprint density at radius 2 is 0.694 bits per heavy atom. The maximum absolute atomic E-state index is 10.3. The second kappa shape index (κ2) is 10.9. The summed E-state index contributed by atoms with van der Waals surface area (Å²) < 4.78 is 0. The van der Waals surface area contributed by atoms with Crippen molar-refractivity contribution < 1.29 is 17.1 Å². The number of fused-ring (bicyclic) bond motifs is 20. The van der Waals surface area contributed by atoms with Crippen LogP contribution >= 0.6 is 0 Å². The third-order valence-electron chi connectivity index (χ3n) is 8.44. The van der Waals surface area contributed by atoms with Crippen molar-refractivity contribution in [3.63, 3.8) is 0 Å². The number of rotatable bonds is 0. The number of H-pyrrole nitrogens is 2. The average Bonchev–Trinajstić information content (AvgIpc) is 3.86. The zero-order valence-electron chi connectivity index (χ0n) is 24.7. The van der Waals surface area contributed by atoms with Crippen LogP contribution < -0.4 is 0 Å². The maximum atomic E-state index is 10.3. The van der Waals surface area contributed by atoms with Crippen molar-refractivity contribution >= 4 is 44.1 Å². The molecule has 0 amide bonds. The molecule has 2 N–H and O–H groups in total. The molecule has 0 saturated carbocycles. The number of nitriles is 4. The standard InChI is InChI=1S/C36H14N12.Cu/c37-13-23-24(14-38)26(16-40)28-27(25(23)15-39)35-46-33-21-11-5-3-9-19(21)31(44-33)42-29-17-7-1-2-8-18(17)30(41-29)43-32-20-10-4-6-12-22(20)34(45-32)47-36(28)48-35;/h1-12H,(H2,41,42,43,44,45,46,47,48);/q;+1. The van der Waals surface area contributed by atoms with Crippen LogP contribution in [0.3, 0.4) is 0 Å². The minimum absolute atomic E-state index is 0. The van der Waals surface area contributed by atoms with Crippen LogP contribution in [0, 0.1) is 45.3 Å². The molecule has 0 saturated heterocycles. The van der Waals surface area contributed by atoms with E-state index in [1.54, 1.807) is 0 Å². The Kier molecular flexibility index (Phi) is 6.49. The van der Waals surface area contributed by atoms with E-state index in [1.807, 2.05) is 84.9 Å². The molecular formula is C36H14CuN12+. The summed E-state index contributed by atoms with van der Waals surface area (Å²) in [5.41, 5.74) is 3.52. The van der Waals surface area contributed by atoms with Crippen molar-refractivity contribution in [1.82, 2.24) is 39.9 Å². The van der Waals surface area contributed by atoms with Gasteiger partial charge in [0.25, 0.3) is 0 Å². The van der Waals surface area contributed by atoms with Crippen LogP contribution in [0.2, 0.25) is 0 Å². The van der Waals surface area contributed by atoms with Crippen molar-refractivity contribution in [1.29, 1.82) is 21.0 Å². The molecule has 13 heteroatoms. The molecule has 228 valence electrons.